The Kier molecular flexibility index (Phi) is 4.76. The van der Waals surface area contributed by atoms with E-state index in [0.717, 1.165) is 35.2 Å². The van der Waals surface area contributed by atoms with Gasteiger partial charge < -0.3 is 15.5 Å². The van der Waals surface area contributed by atoms with Gasteiger partial charge in [0.2, 0.25) is 0 Å². The summed E-state index contributed by atoms with van der Waals surface area (Å²) in [6.45, 7) is 4.47. The lowest BCUT2D eigenvalue weighted by Crippen LogP contribution is -2.24. The van der Waals surface area contributed by atoms with Crippen molar-refractivity contribution in [2.45, 2.75) is 26.3 Å². The molecule has 0 aromatic carbocycles. The normalized spacial score (nSPS) is 14.1. The van der Waals surface area contributed by atoms with Crippen molar-refractivity contribution in [3.63, 3.8) is 0 Å². The zero-order valence-electron chi connectivity index (χ0n) is 13.4. The van der Waals surface area contributed by atoms with Crippen molar-refractivity contribution in [2.24, 2.45) is 0 Å². The number of rotatable bonds is 5. The first-order valence-electron chi connectivity index (χ1n) is 7.81. The van der Waals surface area contributed by atoms with Gasteiger partial charge in [-0.25, -0.2) is 4.98 Å². The van der Waals surface area contributed by atoms with Crippen LogP contribution in [0.2, 0.25) is 0 Å². The topological polar surface area (TPSA) is 70.1 Å². The van der Waals surface area contributed by atoms with Crippen LogP contribution in [0.15, 0.2) is 18.3 Å². The number of hydrogen-bond donors (Lipinski definition) is 2. The van der Waals surface area contributed by atoms with Crippen LogP contribution in [0.5, 0.6) is 0 Å². The number of hydrogen-bond acceptors (Lipinski definition) is 6. The Bertz CT molecular complexity index is 694. The van der Waals surface area contributed by atoms with Gasteiger partial charge >= 0.3 is 0 Å². The summed E-state index contributed by atoms with van der Waals surface area (Å²) in [5.41, 5.74) is 2.44. The lowest BCUT2D eigenvalue weighted by Gasteiger charge is -2.17. The molecule has 2 aromatic rings. The Hall–Kier alpha value is -2.15. The first-order chi connectivity index (χ1) is 11.2. The summed E-state index contributed by atoms with van der Waals surface area (Å²) in [5, 5.41) is 6.79. The van der Waals surface area contributed by atoms with Crippen LogP contribution in [0.3, 0.4) is 0 Å². The van der Waals surface area contributed by atoms with Gasteiger partial charge in [0, 0.05) is 32.9 Å². The Morgan fingerprint density at radius 1 is 1.39 bits per heavy atom. The lowest BCUT2D eigenvalue weighted by molar-refractivity contribution is 0.0951. The van der Waals surface area contributed by atoms with Crippen molar-refractivity contribution in [3.8, 4) is 0 Å². The molecule has 0 bridgehead atoms. The minimum atomic E-state index is -0.0971. The Balaban J connectivity index is 1.67. The van der Waals surface area contributed by atoms with Crippen LogP contribution in [-0.2, 0) is 6.54 Å². The third-order valence-corrected chi connectivity index (χ3v) is 4.97. The second kappa shape index (κ2) is 6.95. The molecule has 3 rings (SSSR count). The van der Waals surface area contributed by atoms with Crippen LogP contribution in [0, 0.1) is 6.92 Å². The van der Waals surface area contributed by atoms with E-state index >= 15 is 0 Å². The predicted molar refractivity (Wildman–Crippen MR) is 93.3 cm³/mol. The van der Waals surface area contributed by atoms with Gasteiger partial charge in [0.1, 0.15) is 10.8 Å². The van der Waals surface area contributed by atoms with Crippen molar-refractivity contribution < 1.29 is 4.79 Å². The maximum atomic E-state index is 12.4. The van der Waals surface area contributed by atoms with Gasteiger partial charge in [-0.05, 0) is 49.0 Å². The molecule has 1 aliphatic heterocycles. The molecule has 0 spiro atoms. The highest BCUT2D eigenvalue weighted by Crippen LogP contribution is 2.24. The van der Waals surface area contributed by atoms with E-state index in [0.29, 0.717) is 12.1 Å². The number of aromatic nitrogens is 2. The van der Waals surface area contributed by atoms with Gasteiger partial charge in [-0.2, -0.15) is 4.37 Å². The van der Waals surface area contributed by atoms with E-state index in [-0.39, 0.29) is 5.91 Å². The molecular weight excluding hydrogens is 310 g/mol. The lowest BCUT2D eigenvalue weighted by atomic mass is 10.2. The maximum Gasteiger partial charge on any atom is 0.256 e. The molecule has 122 valence electrons. The number of carbonyl (C=O) groups excluding carboxylic acids is 1. The molecule has 3 heterocycles. The van der Waals surface area contributed by atoms with Gasteiger partial charge in [-0.3, -0.25) is 4.79 Å². The number of aryl methyl sites for hydroxylation is 1. The average Bonchev–Trinajstić information content (AvgIpc) is 3.22. The molecule has 1 saturated heterocycles. The molecule has 1 fully saturated rings. The third kappa shape index (κ3) is 3.44. The Morgan fingerprint density at radius 3 is 2.91 bits per heavy atom. The second-order valence-electron chi connectivity index (χ2n) is 5.62. The molecular formula is C16H21N5OS. The Labute approximate surface area is 140 Å². The average molecular weight is 331 g/mol. The number of amides is 1. The van der Waals surface area contributed by atoms with E-state index in [9.17, 15) is 4.79 Å². The fourth-order valence-corrected chi connectivity index (χ4v) is 3.51. The molecule has 7 heteroatoms. The highest BCUT2D eigenvalue weighted by molar-refractivity contribution is 7.10. The molecule has 1 aliphatic rings. The predicted octanol–water partition coefficient (Wildman–Crippen LogP) is 2.42. The summed E-state index contributed by atoms with van der Waals surface area (Å²) in [6, 6.07) is 4.00. The van der Waals surface area contributed by atoms with E-state index in [2.05, 4.69) is 31.0 Å². The fourth-order valence-electron chi connectivity index (χ4n) is 2.77. The molecule has 0 radical (unpaired) electrons. The minimum Gasteiger partial charge on any atom is -0.378 e. The highest BCUT2D eigenvalue weighted by Gasteiger charge is 2.18. The summed E-state index contributed by atoms with van der Waals surface area (Å²) in [4.78, 5) is 19.1. The largest absolute Gasteiger partial charge is 0.378 e. The second-order valence-corrected chi connectivity index (χ2v) is 6.39. The number of anilines is 2. The molecule has 0 atom stereocenters. The van der Waals surface area contributed by atoms with Crippen LogP contribution in [0.4, 0.5) is 10.8 Å². The van der Waals surface area contributed by atoms with E-state index in [1.807, 2.05) is 19.2 Å². The summed E-state index contributed by atoms with van der Waals surface area (Å²) in [7, 11) is 1.80. The SMILES string of the molecule is CNc1snc(C)c1C(=O)NCc1ccnc(N2CCCC2)c1. The molecule has 2 aromatic heterocycles. The summed E-state index contributed by atoms with van der Waals surface area (Å²) in [6.07, 6.45) is 4.26. The summed E-state index contributed by atoms with van der Waals surface area (Å²) in [5.74, 6) is 0.902. The van der Waals surface area contributed by atoms with Crippen LogP contribution in [-0.4, -0.2) is 35.4 Å². The quantitative estimate of drug-likeness (QED) is 0.880. The number of nitrogens with one attached hydrogen (secondary N) is 2. The van der Waals surface area contributed by atoms with Crippen molar-refractivity contribution >= 4 is 28.3 Å². The van der Waals surface area contributed by atoms with Crippen molar-refractivity contribution in [1.29, 1.82) is 0 Å². The van der Waals surface area contributed by atoms with Crippen LogP contribution < -0.4 is 15.5 Å². The fraction of sp³-hybridized carbons (Fsp3) is 0.438. The van der Waals surface area contributed by atoms with Gasteiger partial charge in [0.25, 0.3) is 5.91 Å². The van der Waals surface area contributed by atoms with E-state index < -0.39 is 0 Å². The molecule has 0 saturated carbocycles. The first-order valence-corrected chi connectivity index (χ1v) is 8.58. The number of pyridine rings is 1. The molecule has 23 heavy (non-hydrogen) atoms. The molecule has 6 nitrogen and oxygen atoms in total. The van der Waals surface area contributed by atoms with Crippen molar-refractivity contribution in [3.05, 3.63) is 35.2 Å². The van der Waals surface area contributed by atoms with Crippen molar-refractivity contribution in [1.82, 2.24) is 14.7 Å². The molecule has 0 unspecified atom stereocenters. The summed E-state index contributed by atoms with van der Waals surface area (Å²) >= 11 is 1.31. The van der Waals surface area contributed by atoms with Crippen LogP contribution >= 0.6 is 11.5 Å². The zero-order chi connectivity index (χ0) is 16.2. The monoisotopic (exact) mass is 331 g/mol. The Morgan fingerprint density at radius 2 is 2.17 bits per heavy atom. The van der Waals surface area contributed by atoms with Gasteiger partial charge in [0.15, 0.2) is 0 Å². The van der Waals surface area contributed by atoms with Gasteiger partial charge in [0.05, 0.1) is 11.3 Å². The smallest absolute Gasteiger partial charge is 0.256 e. The minimum absolute atomic E-state index is 0.0971. The molecule has 2 N–H and O–H groups in total. The van der Waals surface area contributed by atoms with E-state index in [4.69, 9.17) is 0 Å². The van der Waals surface area contributed by atoms with Gasteiger partial charge in [-0.1, -0.05) is 0 Å². The molecule has 0 aliphatic carbocycles. The molecule has 1 amide bonds. The summed E-state index contributed by atoms with van der Waals surface area (Å²) < 4.78 is 4.23. The van der Waals surface area contributed by atoms with Crippen LogP contribution in [0.25, 0.3) is 0 Å². The van der Waals surface area contributed by atoms with Crippen molar-refractivity contribution in [2.75, 3.05) is 30.4 Å². The maximum absolute atomic E-state index is 12.4. The van der Waals surface area contributed by atoms with Gasteiger partial charge in [-0.15, -0.1) is 0 Å². The van der Waals surface area contributed by atoms with E-state index in [1.165, 1.54) is 24.4 Å². The standard InChI is InChI=1S/C16H21N5OS/c1-11-14(16(17-2)23-20-11)15(22)19-10-12-5-6-18-13(9-12)21-7-3-4-8-21/h5-6,9,17H,3-4,7-8,10H2,1-2H3,(H,19,22). The van der Waals surface area contributed by atoms with E-state index in [1.54, 1.807) is 7.05 Å². The number of carbonyl (C=O) groups is 1. The number of nitrogens with zero attached hydrogens (tertiary/aromatic N) is 3. The zero-order valence-corrected chi connectivity index (χ0v) is 14.2. The van der Waals surface area contributed by atoms with Crippen LogP contribution in [0.1, 0.15) is 34.5 Å². The first kappa shape index (κ1) is 15.7. The highest BCUT2D eigenvalue weighted by atomic mass is 32.1. The third-order valence-electron chi connectivity index (χ3n) is 4.01.